The second kappa shape index (κ2) is 4.74. The van der Waals surface area contributed by atoms with Crippen LogP contribution in [0.4, 0.5) is 21.5 Å². The maximum Gasteiger partial charge on any atom is 0.125 e. The van der Waals surface area contributed by atoms with Crippen molar-refractivity contribution >= 4 is 17.1 Å². The monoisotopic (exact) mass is 232 g/mol. The highest BCUT2D eigenvalue weighted by atomic mass is 19.1. The lowest BCUT2D eigenvalue weighted by molar-refractivity contribution is 0.415. The minimum absolute atomic E-state index is 0.295. The molecule has 2 aromatic carbocycles. The van der Waals surface area contributed by atoms with Gasteiger partial charge in [0.15, 0.2) is 0 Å². The molecular weight excluding hydrogens is 219 g/mol. The van der Waals surface area contributed by atoms with Gasteiger partial charge < -0.3 is 15.8 Å². The molecule has 0 atom stereocenters. The molecule has 0 amide bonds. The Labute approximate surface area is 99.0 Å². The fourth-order valence-electron chi connectivity index (χ4n) is 1.49. The van der Waals surface area contributed by atoms with Gasteiger partial charge in [-0.25, -0.2) is 4.39 Å². The number of anilines is 3. The molecule has 3 nitrogen and oxygen atoms in total. The average molecular weight is 232 g/mol. The van der Waals surface area contributed by atoms with E-state index in [0.29, 0.717) is 22.8 Å². The Kier molecular flexibility index (Phi) is 3.14. The van der Waals surface area contributed by atoms with Gasteiger partial charge in [0, 0.05) is 11.8 Å². The van der Waals surface area contributed by atoms with Gasteiger partial charge in [-0.05, 0) is 30.3 Å². The van der Waals surface area contributed by atoms with E-state index in [1.54, 1.807) is 37.4 Å². The number of rotatable bonds is 3. The second-order valence-corrected chi connectivity index (χ2v) is 3.59. The van der Waals surface area contributed by atoms with Crippen molar-refractivity contribution in [2.24, 2.45) is 0 Å². The third-order valence-corrected chi connectivity index (χ3v) is 2.36. The van der Waals surface area contributed by atoms with Crippen LogP contribution in [0.5, 0.6) is 5.75 Å². The summed E-state index contributed by atoms with van der Waals surface area (Å²) < 4.78 is 18.1. The van der Waals surface area contributed by atoms with Crippen LogP contribution in [0.3, 0.4) is 0 Å². The van der Waals surface area contributed by atoms with Crippen LogP contribution in [-0.4, -0.2) is 7.11 Å². The molecule has 4 heteroatoms. The maximum atomic E-state index is 13.0. The second-order valence-electron chi connectivity index (χ2n) is 3.59. The van der Waals surface area contributed by atoms with Crippen LogP contribution in [0.15, 0.2) is 42.5 Å². The Morgan fingerprint density at radius 3 is 2.71 bits per heavy atom. The molecule has 0 fully saturated rings. The van der Waals surface area contributed by atoms with E-state index in [9.17, 15) is 4.39 Å². The molecule has 0 saturated carbocycles. The molecule has 2 rings (SSSR count). The molecule has 3 N–H and O–H groups in total. The Hall–Kier alpha value is -2.23. The van der Waals surface area contributed by atoms with Crippen molar-refractivity contribution in [3.8, 4) is 5.75 Å². The van der Waals surface area contributed by atoms with E-state index < -0.39 is 0 Å². The summed E-state index contributed by atoms with van der Waals surface area (Å²) in [4.78, 5) is 0. The lowest BCUT2D eigenvalue weighted by Crippen LogP contribution is -1.97. The number of nitrogens with two attached hydrogens (primary N) is 1. The van der Waals surface area contributed by atoms with Crippen LogP contribution < -0.4 is 15.8 Å². The van der Waals surface area contributed by atoms with Crippen LogP contribution in [0.1, 0.15) is 0 Å². The van der Waals surface area contributed by atoms with Crippen LogP contribution >= 0.6 is 0 Å². The fraction of sp³-hybridized carbons (Fsp3) is 0.0769. The number of benzene rings is 2. The predicted molar refractivity (Wildman–Crippen MR) is 67.1 cm³/mol. The van der Waals surface area contributed by atoms with E-state index in [0.717, 1.165) is 0 Å². The number of methoxy groups -OCH3 is 1. The first-order chi connectivity index (χ1) is 8.19. The lowest BCUT2D eigenvalue weighted by Gasteiger charge is -2.10. The third-order valence-electron chi connectivity index (χ3n) is 2.36. The summed E-state index contributed by atoms with van der Waals surface area (Å²) >= 11 is 0. The molecule has 0 radical (unpaired) electrons. The Balaban J connectivity index is 2.29. The largest absolute Gasteiger partial charge is 0.497 e. The Morgan fingerprint density at radius 1 is 1.18 bits per heavy atom. The summed E-state index contributed by atoms with van der Waals surface area (Å²) in [5, 5.41) is 3.04. The summed E-state index contributed by atoms with van der Waals surface area (Å²) in [5.74, 6) is 0.398. The number of hydrogen-bond acceptors (Lipinski definition) is 3. The number of hydrogen-bond donors (Lipinski definition) is 2. The smallest absolute Gasteiger partial charge is 0.125 e. The quantitative estimate of drug-likeness (QED) is 0.799. The molecule has 0 bridgehead atoms. The van der Waals surface area contributed by atoms with E-state index in [-0.39, 0.29) is 5.82 Å². The molecule has 0 aliphatic heterocycles. The Morgan fingerprint density at radius 2 is 2.00 bits per heavy atom. The first-order valence-electron chi connectivity index (χ1n) is 5.15. The fourth-order valence-corrected chi connectivity index (χ4v) is 1.49. The van der Waals surface area contributed by atoms with Gasteiger partial charge in [0.05, 0.1) is 18.5 Å². The van der Waals surface area contributed by atoms with Gasteiger partial charge >= 0.3 is 0 Å². The van der Waals surface area contributed by atoms with E-state index >= 15 is 0 Å². The molecule has 0 spiro atoms. The minimum atomic E-state index is -0.295. The van der Waals surface area contributed by atoms with Crippen LogP contribution in [0.25, 0.3) is 0 Å². The van der Waals surface area contributed by atoms with Gasteiger partial charge in [0.25, 0.3) is 0 Å². The molecule has 0 saturated heterocycles. The van der Waals surface area contributed by atoms with Crippen molar-refractivity contribution in [1.82, 2.24) is 0 Å². The highest BCUT2D eigenvalue weighted by Crippen LogP contribution is 2.27. The van der Waals surface area contributed by atoms with Crippen LogP contribution in [0.2, 0.25) is 0 Å². The zero-order chi connectivity index (χ0) is 12.3. The highest BCUT2D eigenvalue weighted by Gasteiger charge is 2.02. The van der Waals surface area contributed by atoms with E-state index in [2.05, 4.69) is 5.32 Å². The van der Waals surface area contributed by atoms with Gasteiger partial charge in [0.2, 0.25) is 0 Å². The molecule has 0 unspecified atom stereocenters. The lowest BCUT2D eigenvalue weighted by atomic mass is 10.2. The van der Waals surface area contributed by atoms with Crippen molar-refractivity contribution in [2.75, 3.05) is 18.2 Å². The zero-order valence-electron chi connectivity index (χ0n) is 9.41. The molecular formula is C13H13FN2O. The zero-order valence-corrected chi connectivity index (χ0v) is 9.41. The summed E-state index contributed by atoms with van der Waals surface area (Å²) in [6.45, 7) is 0. The highest BCUT2D eigenvalue weighted by molar-refractivity contribution is 5.74. The normalized spacial score (nSPS) is 10.0. The van der Waals surface area contributed by atoms with Crippen molar-refractivity contribution in [2.45, 2.75) is 0 Å². The standard InChI is InChI=1S/C13H13FN2O/c1-17-11-5-6-12(15)13(8-11)16-10-4-2-3-9(14)7-10/h2-8,16H,15H2,1H3. The topological polar surface area (TPSA) is 47.3 Å². The van der Waals surface area contributed by atoms with Crippen molar-refractivity contribution in [3.05, 3.63) is 48.3 Å². The van der Waals surface area contributed by atoms with Crippen LogP contribution in [-0.2, 0) is 0 Å². The minimum Gasteiger partial charge on any atom is -0.497 e. The van der Waals surface area contributed by atoms with Crippen molar-refractivity contribution in [1.29, 1.82) is 0 Å². The first-order valence-corrected chi connectivity index (χ1v) is 5.15. The Bertz CT molecular complexity index is 529. The average Bonchev–Trinajstić information content (AvgIpc) is 2.32. The van der Waals surface area contributed by atoms with E-state index in [4.69, 9.17) is 10.5 Å². The van der Waals surface area contributed by atoms with Gasteiger partial charge in [-0.15, -0.1) is 0 Å². The number of halogens is 1. The molecule has 17 heavy (non-hydrogen) atoms. The number of nitrogens with one attached hydrogen (secondary N) is 1. The molecule has 2 aromatic rings. The molecule has 0 aliphatic rings. The SMILES string of the molecule is COc1ccc(N)c(Nc2cccc(F)c2)c1. The number of ether oxygens (including phenoxy) is 1. The summed E-state index contributed by atoms with van der Waals surface area (Å²) in [6.07, 6.45) is 0. The first kappa shape index (κ1) is 11.3. The third kappa shape index (κ3) is 2.66. The van der Waals surface area contributed by atoms with Gasteiger partial charge in [-0.3, -0.25) is 0 Å². The molecule has 0 aliphatic carbocycles. The molecule has 0 heterocycles. The van der Waals surface area contributed by atoms with E-state index in [1.165, 1.54) is 12.1 Å². The van der Waals surface area contributed by atoms with Crippen molar-refractivity contribution < 1.29 is 9.13 Å². The predicted octanol–water partition coefficient (Wildman–Crippen LogP) is 3.16. The number of nitrogen functional groups attached to an aromatic ring is 1. The van der Waals surface area contributed by atoms with Gasteiger partial charge in [-0.2, -0.15) is 0 Å². The summed E-state index contributed by atoms with van der Waals surface area (Å²) in [5.41, 5.74) is 7.73. The van der Waals surface area contributed by atoms with Crippen molar-refractivity contribution in [3.63, 3.8) is 0 Å². The van der Waals surface area contributed by atoms with Crippen LogP contribution in [0, 0.1) is 5.82 Å². The van der Waals surface area contributed by atoms with Gasteiger partial charge in [0.1, 0.15) is 11.6 Å². The van der Waals surface area contributed by atoms with E-state index in [1.807, 2.05) is 0 Å². The van der Waals surface area contributed by atoms with Gasteiger partial charge in [-0.1, -0.05) is 6.07 Å². The summed E-state index contributed by atoms with van der Waals surface area (Å²) in [6, 6.07) is 11.5. The molecule has 0 aromatic heterocycles. The molecule has 88 valence electrons. The summed E-state index contributed by atoms with van der Waals surface area (Å²) in [7, 11) is 1.58. The maximum absolute atomic E-state index is 13.0.